The minimum atomic E-state index is -4.57. The molecule has 0 heterocycles. The molecule has 2 aromatic rings. The summed E-state index contributed by atoms with van der Waals surface area (Å²) < 4.78 is 37.2. The number of benzene rings is 2. The third kappa shape index (κ3) is 6.67. The molecule has 7 heteroatoms. The van der Waals surface area contributed by atoms with Crippen LogP contribution in [0.25, 0.3) is 0 Å². The first kappa shape index (κ1) is 22.6. The van der Waals surface area contributed by atoms with Crippen molar-refractivity contribution in [3.8, 4) is 17.2 Å². The van der Waals surface area contributed by atoms with Crippen LogP contribution in [0.2, 0.25) is 0 Å². The summed E-state index contributed by atoms with van der Waals surface area (Å²) in [7, 11) is -4.57. The summed E-state index contributed by atoms with van der Waals surface area (Å²) in [6.07, 6.45) is 5.28. The van der Waals surface area contributed by atoms with Crippen molar-refractivity contribution in [2.24, 2.45) is 0 Å². The molecular formula is C18H21KO5S. The van der Waals surface area contributed by atoms with Crippen molar-refractivity contribution in [3.63, 3.8) is 0 Å². The predicted molar refractivity (Wildman–Crippen MR) is 90.1 cm³/mol. The quantitative estimate of drug-likeness (QED) is 0.413. The topological polar surface area (TPSA) is 86.7 Å². The fourth-order valence-electron chi connectivity index (χ4n) is 2.45. The van der Waals surface area contributed by atoms with Crippen LogP contribution >= 0.6 is 0 Å². The number of rotatable bonds is 8. The Hall–Kier alpha value is -0.414. The van der Waals surface area contributed by atoms with Crippen molar-refractivity contribution < 1.29 is 74.2 Å². The number of para-hydroxylation sites is 2. The van der Waals surface area contributed by atoms with Crippen molar-refractivity contribution >= 4 is 10.1 Å². The van der Waals surface area contributed by atoms with E-state index in [-0.39, 0.29) is 57.1 Å². The molecule has 0 amide bonds. The fraction of sp³-hybridized carbons (Fsp3) is 0.333. The average Bonchev–Trinajstić information content (AvgIpc) is 2.54. The zero-order valence-electron chi connectivity index (χ0n) is 14.6. The van der Waals surface area contributed by atoms with Gasteiger partial charge in [-0.1, -0.05) is 50.5 Å². The van der Waals surface area contributed by atoms with Crippen LogP contribution in [-0.4, -0.2) is 13.0 Å². The summed E-state index contributed by atoms with van der Waals surface area (Å²) in [5.41, 5.74) is 0.963. The molecule has 0 fully saturated rings. The molecule has 2 aromatic carbocycles. The van der Waals surface area contributed by atoms with Crippen LogP contribution in [-0.2, 0) is 16.5 Å². The van der Waals surface area contributed by atoms with Crippen LogP contribution in [0.15, 0.2) is 47.4 Å². The number of unbranched alkanes of at least 4 members (excludes halogenated alkanes) is 3. The summed E-state index contributed by atoms with van der Waals surface area (Å²) in [6, 6.07) is 11.2. The van der Waals surface area contributed by atoms with E-state index >= 15 is 0 Å². The molecule has 0 aliphatic carbocycles. The zero-order valence-corrected chi connectivity index (χ0v) is 18.5. The molecule has 2 rings (SSSR count). The molecule has 0 atom stereocenters. The van der Waals surface area contributed by atoms with Crippen LogP contribution < -0.4 is 61.2 Å². The molecule has 0 spiro atoms. The van der Waals surface area contributed by atoms with Gasteiger partial charge in [0, 0.05) is 0 Å². The zero-order chi connectivity index (χ0) is 17.6. The monoisotopic (exact) mass is 388 g/mol. The van der Waals surface area contributed by atoms with E-state index < -0.39 is 20.8 Å². The molecular weight excluding hydrogens is 367 g/mol. The number of aryl methyl sites for hydroxylation is 1. The van der Waals surface area contributed by atoms with Gasteiger partial charge in [-0.2, -0.15) is 8.42 Å². The van der Waals surface area contributed by atoms with Crippen molar-refractivity contribution in [1.29, 1.82) is 0 Å². The Morgan fingerprint density at radius 2 is 1.68 bits per heavy atom. The van der Waals surface area contributed by atoms with E-state index in [1.54, 1.807) is 12.1 Å². The molecule has 0 saturated heterocycles. The second-order valence-corrected chi connectivity index (χ2v) is 6.97. The third-order valence-corrected chi connectivity index (χ3v) is 4.59. The van der Waals surface area contributed by atoms with E-state index in [4.69, 9.17) is 9.29 Å². The molecule has 0 bridgehead atoms. The fourth-order valence-corrected chi connectivity index (χ4v) is 3.04. The van der Waals surface area contributed by atoms with Gasteiger partial charge in [0.25, 0.3) is 10.1 Å². The van der Waals surface area contributed by atoms with Crippen molar-refractivity contribution in [3.05, 3.63) is 48.0 Å². The second-order valence-electron chi connectivity index (χ2n) is 5.58. The summed E-state index contributed by atoms with van der Waals surface area (Å²) in [6.45, 7) is 2.15. The summed E-state index contributed by atoms with van der Waals surface area (Å²) in [4.78, 5) is -0.680. The molecule has 130 valence electrons. The van der Waals surface area contributed by atoms with Gasteiger partial charge in [0.05, 0.1) is 4.90 Å². The van der Waals surface area contributed by atoms with E-state index in [2.05, 4.69) is 6.92 Å². The SMILES string of the molecule is CCCCCCc1ccccc1Oc1cccc(S(=O)(=O)O)c1[O-].[K+]. The van der Waals surface area contributed by atoms with Gasteiger partial charge >= 0.3 is 51.4 Å². The van der Waals surface area contributed by atoms with E-state index in [9.17, 15) is 13.5 Å². The van der Waals surface area contributed by atoms with Crippen LogP contribution in [0, 0.1) is 0 Å². The Morgan fingerprint density at radius 3 is 2.36 bits per heavy atom. The Kier molecular flexibility index (Phi) is 9.65. The van der Waals surface area contributed by atoms with Crippen LogP contribution in [0.1, 0.15) is 38.2 Å². The summed E-state index contributed by atoms with van der Waals surface area (Å²) in [5.74, 6) is -0.439. The van der Waals surface area contributed by atoms with Gasteiger partial charge < -0.3 is 9.84 Å². The Morgan fingerprint density at radius 1 is 1.00 bits per heavy atom. The van der Waals surface area contributed by atoms with E-state index in [0.717, 1.165) is 37.3 Å². The van der Waals surface area contributed by atoms with Crippen LogP contribution in [0.4, 0.5) is 0 Å². The minimum absolute atomic E-state index is 0. The molecule has 0 aliphatic rings. The van der Waals surface area contributed by atoms with Gasteiger partial charge in [-0.05, 0) is 42.4 Å². The standard InChI is InChI=1S/C18H22O5S.K/c1-2-3-4-5-9-14-10-6-7-11-15(14)23-16-12-8-13-17(18(16)19)24(20,21)22;/h6-8,10-13,19H,2-5,9H2,1H3,(H,20,21,22);/q;+1/p-1. The van der Waals surface area contributed by atoms with Gasteiger partial charge in [-0.3, -0.25) is 4.55 Å². The van der Waals surface area contributed by atoms with Gasteiger partial charge in [0.1, 0.15) is 11.5 Å². The summed E-state index contributed by atoms with van der Waals surface area (Å²) in [5, 5.41) is 12.2. The Labute approximate surface area is 191 Å². The molecule has 1 N–H and O–H groups in total. The molecule has 25 heavy (non-hydrogen) atoms. The smallest absolute Gasteiger partial charge is 0.869 e. The molecule has 5 nitrogen and oxygen atoms in total. The van der Waals surface area contributed by atoms with Crippen LogP contribution in [0.5, 0.6) is 17.2 Å². The van der Waals surface area contributed by atoms with E-state index in [1.807, 2.05) is 12.1 Å². The first-order chi connectivity index (χ1) is 11.4. The summed E-state index contributed by atoms with van der Waals surface area (Å²) >= 11 is 0. The van der Waals surface area contributed by atoms with Gasteiger partial charge in [0.2, 0.25) is 0 Å². The van der Waals surface area contributed by atoms with E-state index in [0.29, 0.717) is 5.75 Å². The van der Waals surface area contributed by atoms with E-state index in [1.165, 1.54) is 18.6 Å². The molecule has 0 aromatic heterocycles. The first-order valence-corrected chi connectivity index (χ1v) is 9.40. The Balaban J connectivity index is 0.00000312. The van der Waals surface area contributed by atoms with Crippen molar-refractivity contribution in [2.75, 3.05) is 0 Å². The minimum Gasteiger partial charge on any atom is -0.869 e. The number of ether oxygens (including phenoxy) is 1. The predicted octanol–water partition coefficient (Wildman–Crippen LogP) is 0.926. The first-order valence-electron chi connectivity index (χ1n) is 7.96. The molecule has 0 unspecified atom stereocenters. The largest absolute Gasteiger partial charge is 1.00 e. The second kappa shape index (κ2) is 10.7. The average molecular weight is 389 g/mol. The molecule has 0 radical (unpaired) electrons. The molecule has 0 aliphatic heterocycles. The van der Waals surface area contributed by atoms with Gasteiger partial charge in [0.15, 0.2) is 0 Å². The van der Waals surface area contributed by atoms with Crippen LogP contribution in [0.3, 0.4) is 0 Å². The van der Waals surface area contributed by atoms with Crippen molar-refractivity contribution in [1.82, 2.24) is 0 Å². The third-order valence-electron chi connectivity index (χ3n) is 3.71. The van der Waals surface area contributed by atoms with Gasteiger partial charge in [-0.25, -0.2) is 0 Å². The molecule has 0 saturated carbocycles. The maximum Gasteiger partial charge on any atom is 1.00 e. The van der Waals surface area contributed by atoms with Crippen molar-refractivity contribution in [2.45, 2.75) is 43.9 Å². The number of hydrogen-bond acceptors (Lipinski definition) is 4. The maximum atomic E-state index is 12.2. The normalized spacial score (nSPS) is 11.0. The van der Waals surface area contributed by atoms with Gasteiger partial charge in [-0.15, -0.1) is 0 Å². The Bertz CT molecular complexity index is 790. The number of hydrogen-bond donors (Lipinski definition) is 1. The maximum absolute atomic E-state index is 12.2.